The van der Waals surface area contributed by atoms with Crippen LogP contribution >= 0.6 is 11.3 Å². The van der Waals surface area contributed by atoms with E-state index in [9.17, 15) is 4.79 Å². The van der Waals surface area contributed by atoms with E-state index in [2.05, 4.69) is 52.0 Å². The molecule has 1 fully saturated rings. The van der Waals surface area contributed by atoms with E-state index in [1.54, 1.807) is 11.3 Å². The van der Waals surface area contributed by atoms with Gasteiger partial charge in [0.25, 0.3) is 0 Å². The maximum atomic E-state index is 13.0. The molecule has 6 heteroatoms. The number of carbonyl (C=O) groups excluding carboxylic acids is 1. The van der Waals surface area contributed by atoms with E-state index in [1.807, 2.05) is 6.92 Å². The summed E-state index contributed by atoms with van der Waals surface area (Å²) in [6.07, 6.45) is 5.87. The quantitative estimate of drug-likeness (QED) is 0.827. The lowest BCUT2D eigenvalue weighted by molar-refractivity contribution is -0.126. The van der Waals surface area contributed by atoms with Crippen LogP contribution in [-0.2, 0) is 11.2 Å². The summed E-state index contributed by atoms with van der Waals surface area (Å²) in [4.78, 5) is 13.0. The summed E-state index contributed by atoms with van der Waals surface area (Å²) >= 11 is 1.59. The number of nitrogens with zero attached hydrogens (tertiary/aromatic N) is 2. The molecule has 1 heterocycles. The van der Waals surface area contributed by atoms with Crippen LogP contribution in [0.2, 0.25) is 0 Å². The Morgan fingerprint density at radius 3 is 2.48 bits per heavy atom. The van der Waals surface area contributed by atoms with Crippen LogP contribution in [0.1, 0.15) is 47.7 Å². The van der Waals surface area contributed by atoms with Crippen molar-refractivity contribution in [3.63, 3.8) is 0 Å². The number of nitrogens with one attached hydrogen (secondary N) is 2. The van der Waals surface area contributed by atoms with Crippen molar-refractivity contribution in [2.75, 3.05) is 11.9 Å². The van der Waals surface area contributed by atoms with Gasteiger partial charge in [-0.15, -0.1) is 21.5 Å². The van der Waals surface area contributed by atoms with Crippen LogP contribution in [0.4, 0.5) is 5.69 Å². The highest BCUT2D eigenvalue weighted by Crippen LogP contribution is 2.32. The number of carbonyl (C=O) groups is 1. The number of rotatable bonds is 6. The van der Waals surface area contributed by atoms with Gasteiger partial charge in [-0.1, -0.05) is 37.0 Å². The predicted molar refractivity (Wildman–Crippen MR) is 102 cm³/mol. The molecule has 25 heavy (non-hydrogen) atoms. The summed E-state index contributed by atoms with van der Waals surface area (Å²) in [7, 11) is 0. The van der Waals surface area contributed by atoms with Gasteiger partial charge >= 0.3 is 0 Å². The number of aryl methyl sites for hydroxylation is 2. The lowest BCUT2D eigenvalue weighted by Crippen LogP contribution is -2.54. The summed E-state index contributed by atoms with van der Waals surface area (Å²) in [5, 5.41) is 16.7. The average Bonchev–Trinajstić information content (AvgIpc) is 3.03. The molecule has 0 spiro atoms. The van der Waals surface area contributed by atoms with Gasteiger partial charge in [0.1, 0.15) is 15.6 Å². The van der Waals surface area contributed by atoms with E-state index in [-0.39, 0.29) is 5.91 Å². The highest BCUT2D eigenvalue weighted by atomic mass is 32.1. The van der Waals surface area contributed by atoms with Gasteiger partial charge in [-0.25, -0.2) is 0 Å². The fourth-order valence-corrected chi connectivity index (χ4v) is 4.08. The highest BCUT2D eigenvalue weighted by Gasteiger charge is 2.39. The minimum atomic E-state index is -0.495. The number of hydrogen-bond donors (Lipinski definition) is 2. The van der Waals surface area contributed by atoms with Crippen molar-refractivity contribution in [2.45, 2.75) is 57.9 Å². The molecule has 3 rings (SSSR count). The monoisotopic (exact) mass is 358 g/mol. The molecule has 1 aromatic carbocycles. The van der Waals surface area contributed by atoms with Crippen LogP contribution in [0, 0.1) is 13.8 Å². The van der Waals surface area contributed by atoms with E-state index in [0.717, 1.165) is 47.8 Å². The Labute approximate surface area is 153 Å². The molecule has 134 valence electrons. The summed E-state index contributed by atoms with van der Waals surface area (Å²) in [6.45, 7) is 4.62. The maximum Gasteiger partial charge on any atom is 0.245 e. The molecule has 0 saturated heterocycles. The number of hydrogen-bond acceptors (Lipinski definition) is 5. The predicted octanol–water partition coefficient (Wildman–Crippen LogP) is 3.63. The van der Waals surface area contributed by atoms with Gasteiger partial charge in [0.05, 0.1) is 0 Å². The van der Waals surface area contributed by atoms with Crippen molar-refractivity contribution in [1.82, 2.24) is 15.5 Å². The fourth-order valence-electron chi connectivity index (χ4n) is 3.37. The van der Waals surface area contributed by atoms with Crippen molar-refractivity contribution in [3.8, 4) is 0 Å². The highest BCUT2D eigenvalue weighted by molar-refractivity contribution is 7.11. The van der Waals surface area contributed by atoms with Gasteiger partial charge in [0.2, 0.25) is 5.91 Å². The van der Waals surface area contributed by atoms with Crippen LogP contribution in [0.3, 0.4) is 0 Å². The molecule has 1 aliphatic rings. The number of benzene rings is 1. The van der Waals surface area contributed by atoms with Gasteiger partial charge < -0.3 is 10.6 Å². The minimum absolute atomic E-state index is 0.106. The van der Waals surface area contributed by atoms with Crippen LogP contribution in [-0.4, -0.2) is 28.2 Å². The van der Waals surface area contributed by atoms with Crippen molar-refractivity contribution in [3.05, 3.63) is 39.8 Å². The second-order valence-electron chi connectivity index (χ2n) is 6.85. The Hall–Kier alpha value is -1.95. The maximum absolute atomic E-state index is 13.0. The fraction of sp³-hybridized carbons (Fsp3) is 0.526. The first-order chi connectivity index (χ1) is 12.1. The standard InChI is InChI=1S/C19H26N4OS/c1-14-6-8-16(9-7-14)21-19(11-4-3-5-12-19)18(24)20-13-10-17-23-22-15(2)25-17/h6-9,21H,3-5,10-13H2,1-2H3,(H,20,24). The van der Waals surface area contributed by atoms with E-state index in [4.69, 9.17) is 0 Å². The summed E-state index contributed by atoms with van der Waals surface area (Å²) < 4.78 is 0. The SMILES string of the molecule is Cc1ccc(NC2(C(=O)NCCc3nnc(C)s3)CCCCC2)cc1. The molecule has 0 unspecified atom stereocenters. The first kappa shape index (κ1) is 17.9. The molecular weight excluding hydrogens is 332 g/mol. The minimum Gasteiger partial charge on any atom is -0.371 e. The molecule has 1 aliphatic carbocycles. The zero-order chi connectivity index (χ0) is 17.7. The molecule has 1 saturated carbocycles. The lowest BCUT2D eigenvalue weighted by atomic mass is 9.80. The molecule has 5 nitrogen and oxygen atoms in total. The first-order valence-electron chi connectivity index (χ1n) is 9.00. The van der Waals surface area contributed by atoms with Crippen molar-refractivity contribution in [2.24, 2.45) is 0 Å². The number of anilines is 1. The molecule has 0 bridgehead atoms. The zero-order valence-corrected chi connectivity index (χ0v) is 15.8. The van der Waals surface area contributed by atoms with Crippen molar-refractivity contribution >= 4 is 22.9 Å². The normalized spacial score (nSPS) is 16.4. The van der Waals surface area contributed by atoms with E-state index in [1.165, 1.54) is 12.0 Å². The van der Waals surface area contributed by atoms with E-state index < -0.39 is 5.54 Å². The third-order valence-corrected chi connectivity index (χ3v) is 5.67. The first-order valence-corrected chi connectivity index (χ1v) is 9.81. The van der Waals surface area contributed by atoms with Crippen LogP contribution in [0.25, 0.3) is 0 Å². The molecule has 0 atom stereocenters. The van der Waals surface area contributed by atoms with Crippen molar-refractivity contribution in [1.29, 1.82) is 0 Å². The summed E-state index contributed by atoms with van der Waals surface area (Å²) in [6, 6.07) is 8.27. The van der Waals surface area contributed by atoms with Gasteiger partial charge in [0, 0.05) is 18.7 Å². The zero-order valence-electron chi connectivity index (χ0n) is 15.0. The molecule has 1 aromatic heterocycles. The smallest absolute Gasteiger partial charge is 0.245 e. The third kappa shape index (κ3) is 4.57. The molecule has 1 amide bonds. The average molecular weight is 359 g/mol. The van der Waals surface area contributed by atoms with Gasteiger partial charge in [-0.05, 0) is 38.8 Å². The van der Waals surface area contributed by atoms with Gasteiger partial charge in [-0.3, -0.25) is 4.79 Å². The largest absolute Gasteiger partial charge is 0.371 e. The third-order valence-electron chi connectivity index (χ3n) is 4.77. The molecular formula is C19H26N4OS. The number of amides is 1. The molecule has 2 N–H and O–H groups in total. The lowest BCUT2D eigenvalue weighted by Gasteiger charge is -2.37. The Balaban J connectivity index is 1.64. The van der Waals surface area contributed by atoms with E-state index >= 15 is 0 Å². The van der Waals surface area contributed by atoms with Gasteiger partial charge in [-0.2, -0.15) is 0 Å². The second kappa shape index (κ2) is 7.95. The number of aromatic nitrogens is 2. The van der Waals surface area contributed by atoms with Crippen molar-refractivity contribution < 1.29 is 4.79 Å². The van der Waals surface area contributed by atoms with Crippen LogP contribution in [0.5, 0.6) is 0 Å². The topological polar surface area (TPSA) is 66.9 Å². The molecule has 0 radical (unpaired) electrons. The Morgan fingerprint density at radius 1 is 1.12 bits per heavy atom. The summed E-state index contributed by atoms with van der Waals surface area (Å²) in [5.74, 6) is 0.106. The Bertz CT molecular complexity index is 704. The summed E-state index contributed by atoms with van der Waals surface area (Å²) in [5.41, 5.74) is 1.74. The second-order valence-corrected chi connectivity index (χ2v) is 8.12. The molecule has 0 aliphatic heterocycles. The van der Waals surface area contributed by atoms with Crippen LogP contribution < -0.4 is 10.6 Å². The van der Waals surface area contributed by atoms with Crippen LogP contribution in [0.15, 0.2) is 24.3 Å². The Morgan fingerprint density at radius 2 is 1.84 bits per heavy atom. The van der Waals surface area contributed by atoms with Gasteiger partial charge in [0.15, 0.2) is 0 Å². The molecule has 2 aromatic rings. The van der Waals surface area contributed by atoms with E-state index in [0.29, 0.717) is 6.54 Å². The Kier molecular flexibility index (Phi) is 5.68.